The average Bonchev–Trinajstić information content (AvgIpc) is 3.24. The summed E-state index contributed by atoms with van der Waals surface area (Å²) in [5.74, 6) is 1.00. The van der Waals surface area contributed by atoms with Crippen molar-refractivity contribution in [2.24, 2.45) is 0 Å². The molecule has 1 aliphatic rings. The van der Waals surface area contributed by atoms with Crippen molar-refractivity contribution in [3.05, 3.63) is 41.2 Å². The fraction of sp³-hybridized carbons (Fsp3) is 0.286. The molecule has 3 rings (SSSR count). The van der Waals surface area contributed by atoms with Crippen LogP contribution in [-0.2, 0) is 6.18 Å². The first-order valence-corrected chi connectivity index (χ1v) is 7.02. The Balaban J connectivity index is 1.82. The van der Waals surface area contributed by atoms with Crippen LogP contribution in [0.2, 0.25) is 5.02 Å². The van der Waals surface area contributed by atoms with E-state index >= 15 is 0 Å². The number of alkyl halides is 3. The van der Waals surface area contributed by atoms with Crippen LogP contribution in [0.15, 0.2) is 30.6 Å². The number of halogens is 4. The molecule has 0 radical (unpaired) electrons. The van der Waals surface area contributed by atoms with E-state index < -0.39 is 11.7 Å². The smallest absolute Gasteiger partial charge is 0.367 e. The lowest BCUT2D eigenvalue weighted by atomic mass is 10.2. The molecule has 0 atom stereocenters. The highest BCUT2D eigenvalue weighted by Gasteiger charge is 2.31. The molecule has 8 heteroatoms. The lowest BCUT2D eigenvalue weighted by Gasteiger charge is -2.12. The molecule has 2 N–H and O–H groups in total. The van der Waals surface area contributed by atoms with Gasteiger partial charge in [-0.3, -0.25) is 0 Å². The van der Waals surface area contributed by atoms with Crippen LogP contribution in [0.25, 0.3) is 0 Å². The second-order valence-electron chi connectivity index (χ2n) is 5.02. The van der Waals surface area contributed by atoms with E-state index in [1.807, 2.05) is 0 Å². The van der Waals surface area contributed by atoms with Crippen LogP contribution >= 0.6 is 11.6 Å². The summed E-state index contributed by atoms with van der Waals surface area (Å²) < 4.78 is 38.2. The first-order valence-electron chi connectivity index (χ1n) is 6.64. The van der Waals surface area contributed by atoms with Gasteiger partial charge in [-0.2, -0.15) is 13.2 Å². The van der Waals surface area contributed by atoms with Gasteiger partial charge < -0.3 is 10.6 Å². The zero-order valence-corrected chi connectivity index (χ0v) is 12.0. The number of aromatic nitrogens is 2. The van der Waals surface area contributed by atoms with Crippen molar-refractivity contribution in [2.75, 3.05) is 10.6 Å². The van der Waals surface area contributed by atoms with E-state index in [2.05, 4.69) is 20.6 Å². The van der Waals surface area contributed by atoms with Gasteiger partial charge in [0.05, 0.1) is 16.3 Å². The van der Waals surface area contributed by atoms with E-state index in [9.17, 15) is 13.2 Å². The molecular weight excluding hydrogens is 317 g/mol. The molecule has 0 amide bonds. The van der Waals surface area contributed by atoms with Crippen LogP contribution in [0, 0.1) is 0 Å². The Morgan fingerprint density at radius 1 is 1.09 bits per heavy atom. The summed E-state index contributed by atoms with van der Waals surface area (Å²) >= 11 is 5.94. The maximum atomic E-state index is 12.7. The summed E-state index contributed by atoms with van der Waals surface area (Å²) in [5, 5.41) is 6.17. The van der Waals surface area contributed by atoms with Crippen molar-refractivity contribution in [1.29, 1.82) is 0 Å². The van der Waals surface area contributed by atoms with Gasteiger partial charge in [-0.05, 0) is 31.0 Å². The number of hydrogen-bond donors (Lipinski definition) is 2. The van der Waals surface area contributed by atoms with Crippen molar-refractivity contribution in [3.8, 4) is 0 Å². The van der Waals surface area contributed by atoms with Crippen molar-refractivity contribution in [3.63, 3.8) is 0 Å². The zero-order valence-electron chi connectivity index (χ0n) is 11.3. The Hall–Kier alpha value is -2.02. The molecule has 0 unspecified atom stereocenters. The van der Waals surface area contributed by atoms with Crippen LogP contribution in [0.5, 0.6) is 0 Å². The lowest BCUT2D eigenvalue weighted by Crippen LogP contribution is -2.07. The summed E-state index contributed by atoms with van der Waals surface area (Å²) in [5.41, 5.74) is -0.627. The number of benzene rings is 1. The summed E-state index contributed by atoms with van der Waals surface area (Å²) in [7, 11) is 0. The average molecular weight is 329 g/mol. The summed E-state index contributed by atoms with van der Waals surface area (Å²) in [4.78, 5) is 8.06. The quantitative estimate of drug-likeness (QED) is 0.869. The molecule has 1 saturated carbocycles. The molecule has 22 heavy (non-hydrogen) atoms. The molecule has 116 valence electrons. The van der Waals surface area contributed by atoms with Gasteiger partial charge in [-0.15, -0.1) is 0 Å². The van der Waals surface area contributed by atoms with Gasteiger partial charge in [0, 0.05) is 12.1 Å². The minimum atomic E-state index is -4.43. The predicted octanol–water partition coefficient (Wildman–Crippen LogP) is 4.47. The second-order valence-corrected chi connectivity index (χ2v) is 5.43. The fourth-order valence-corrected chi connectivity index (χ4v) is 2.04. The van der Waals surface area contributed by atoms with E-state index in [1.165, 1.54) is 12.4 Å². The van der Waals surface area contributed by atoms with Crippen molar-refractivity contribution in [1.82, 2.24) is 9.97 Å². The van der Waals surface area contributed by atoms with E-state index in [1.54, 1.807) is 6.07 Å². The van der Waals surface area contributed by atoms with Crippen LogP contribution < -0.4 is 10.6 Å². The summed E-state index contributed by atoms with van der Waals surface area (Å²) in [6.45, 7) is 0. The minimum absolute atomic E-state index is 0.146. The van der Waals surface area contributed by atoms with Crippen molar-refractivity contribution < 1.29 is 13.2 Å². The van der Waals surface area contributed by atoms with E-state index in [-0.39, 0.29) is 10.7 Å². The molecule has 1 fully saturated rings. The van der Waals surface area contributed by atoms with E-state index in [0.29, 0.717) is 17.7 Å². The zero-order chi connectivity index (χ0) is 15.7. The van der Waals surface area contributed by atoms with Gasteiger partial charge in [-0.25, -0.2) is 9.97 Å². The second kappa shape index (κ2) is 5.64. The largest absolute Gasteiger partial charge is 0.416 e. The van der Waals surface area contributed by atoms with Crippen LogP contribution in [0.3, 0.4) is 0 Å². The number of anilines is 3. The highest BCUT2D eigenvalue weighted by molar-refractivity contribution is 6.33. The Morgan fingerprint density at radius 2 is 1.82 bits per heavy atom. The molecule has 0 saturated heterocycles. The molecular formula is C14H12ClF3N4. The highest BCUT2D eigenvalue weighted by atomic mass is 35.5. The Bertz CT molecular complexity index is 686. The number of nitrogens with zero attached hydrogens (tertiary/aromatic N) is 2. The van der Waals surface area contributed by atoms with Crippen molar-refractivity contribution >= 4 is 28.9 Å². The van der Waals surface area contributed by atoms with E-state index in [0.717, 1.165) is 25.0 Å². The third-order valence-electron chi connectivity index (χ3n) is 3.15. The predicted molar refractivity (Wildman–Crippen MR) is 78.4 cm³/mol. The molecule has 1 aromatic heterocycles. The third kappa shape index (κ3) is 3.59. The van der Waals surface area contributed by atoms with Crippen LogP contribution in [0.1, 0.15) is 18.4 Å². The van der Waals surface area contributed by atoms with Crippen LogP contribution in [0.4, 0.5) is 30.5 Å². The lowest BCUT2D eigenvalue weighted by molar-refractivity contribution is -0.137. The molecule has 1 aliphatic carbocycles. The summed E-state index contributed by atoms with van der Waals surface area (Å²) in [6, 6.07) is 5.15. The van der Waals surface area contributed by atoms with Crippen molar-refractivity contribution in [2.45, 2.75) is 25.1 Å². The van der Waals surface area contributed by atoms with Gasteiger partial charge in [-0.1, -0.05) is 11.6 Å². The van der Waals surface area contributed by atoms with Gasteiger partial charge in [0.15, 0.2) is 0 Å². The highest BCUT2D eigenvalue weighted by Crippen LogP contribution is 2.35. The molecule has 0 aliphatic heterocycles. The first kappa shape index (κ1) is 14.9. The Labute approximate surface area is 129 Å². The number of rotatable bonds is 4. The van der Waals surface area contributed by atoms with Gasteiger partial charge in [0.25, 0.3) is 0 Å². The standard InChI is InChI=1S/C14H12ClF3N4/c15-10-4-1-8(14(16,17)18)5-11(10)22-13-6-12(19-7-20-13)21-9-2-3-9/h1,4-7,9H,2-3H2,(H2,19,20,21,22). The maximum Gasteiger partial charge on any atom is 0.416 e. The Morgan fingerprint density at radius 3 is 2.50 bits per heavy atom. The SMILES string of the molecule is FC(F)(F)c1ccc(Cl)c(Nc2cc(NC3CC3)ncn2)c1. The molecule has 0 bridgehead atoms. The minimum Gasteiger partial charge on any atom is -0.367 e. The summed E-state index contributed by atoms with van der Waals surface area (Å²) in [6.07, 6.45) is -0.904. The van der Waals surface area contributed by atoms with Gasteiger partial charge in [0.2, 0.25) is 0 Å². The molecule has 4 nitrogen and oxygen atoms in total. The normalized spacial score (nSPS) is 14.7. The topological polar surface area (TPSA) is 49.8 Å². The van der Waals surface area contributed by atoms with Gasteiger partial charge in [0.1, 0.15) is 18.0 Å². The molecule has 2 aromatic rings. The third-order valence-corrected chi connectivity index (χ3v) is 3.48. The molecule has 1 aromatic carbocycles. The monoisotopic (exact) mass is 328 g/mol. The van der Waals surface area contributed by atoms with Gasteiger partial charge >= 0.3 is 6.18 Å². The molecule has 0 spiro atoms. The number of hydrogen-bond acceptors (Lipinski definition) is 4. The Kier molecular flexibility index (Phi) is 3.82. The van der Waals surface area contributed by atoms with E-state index in [4.69, 9.17) is 11.6 Å². The van der Waals surface area contributed by atoms with Crippen LogP contribution in [-0.4, -0.2) is 16.0 Å². The maximum absolute atomic E-state index is 12.7. The molecule has 1 heterocycles. The fourth-order valence-electron chi connectivity index (χ4n) is 1.88. The first-order chi connectivity index (χ1) is 10.4. The number of nitrogens with one attached hydrogen (secondary N) is 2.